The monoisotopic (exact) mass is 568 g/mol. The number of unbranched alkanes of at least 4 members (excludes halogenated alkanes) is 14. The van der Waals surface area contributed by atoms with Gasteiger partial charge in [-0.25, -0.2) is 0 Å². The lowest BCUT2D eigenvalue weighted by atomic mass is 9.72. The minimum atomic E-state index is -5.63. The highest BCUT2D eigenvalue weighted by Crippen LogP contribution is 2.44. The van der Waals surface area contributed by atoms with Crippen LogP contribution < -0.4 is 0 Å². The number of aliphatic hydroxyl groups is 5. The number of hydrogen-bond acceptors (Lipinski definition) is 9. The second-order valence-corrected chi connectivity index (χ2v) is 12.7. The van der Waals surface area contributed by atoms with E-state index in [1.807, 2.05) is 0 Å². The van der Waals surface area contributed by atoms with E-state index in [2.05, 4.69) is 6.92 Å². The minimum Gasteiger partial charge on any atom is -0.388 e. The van der Waals surface area contributed by atoms with Crippen LogP contribution in [0.15, 0.2) is 0 Å². The van der Waals surface area contributed by atoms with Gasteiger partial charge in [0.05, 0.1) is 6.10 Å². The van der Waals surface area contributed by atoms with E-state index < -0.39 is 57.0 Å². The van der Waals surface area contributed by atoms with Crippen LogP contribution in [0.25, 0.3) is 0 Å². The summed E-state index contributed by atoms with van der Waals surface area (Å²) in [4.78, 5) is 13.2. The van der Waals surface area contributed by atoms with Gasteiger partial charge in [-0.2, -0.15) is 8.42 Å². The molecule has 0 aliphatic carbocycles. The molecule has 226 valence electrons. The highest BCUT2D eigenvalue weighted by atomic mass is 32.2. The Labute approximate surface area is 228 Å². The lowest BCUT2D eigenvalue weighted by Gasteiger charge is -2.49. The van der Waals surface area contributed by atoms with Crippen LogP contribution in [-0.4, -0.2) is 79.9 Å². The average Bonchev–Trinajstić information content (AvgIpc) is 2.85. The van der Waals surface area contributed by atoms with Crippen molar-refractivity contribution in [1.29, 1.82) is 0 Å². The molecule has 0 bridgehead atoms. The number of aliphatic hydroxyl groups excluding tert-OH is 3. The Kier molecular flexibility index (Phi) is 15.4. The third-order valence-electron chi connectivity index (χ3n) is 8.04. The van der Waals surface area contributed by atoms with Crippen LogP contribution in [0.3, 0.4) is 0 Å². The van der Waals surface area contributed by atoms with Crippen LogP contribution in [0, 0.1) is 5.41 Å². The van der Waals surface area contributed by atoms with Crippen molar-refractivity contribution in [3.63, 3.8) is 0 Å². The Morgan fingerprint density at radius 2 is 1.13 bits per heavy atom. The van der Waals surface area contributed by atoms with Crippen LogP contribution in [-0.2, 0) is 19.6 Å². The summed E-state index contributed by atoms with van der Waals surface area (Å²) in [5.41, 5.74) is -2.74. The van der Waals surface area contributed by atoms with Crippen molar-refractivity contribution in [1.82, 2.24) is 0 Å². The van der Waals surface area contributed by atoms with Crippen LogP contribution in [0.1, 0.15) is 124 Å². The maximum absolute atomic E-state index is 13.2. The van der Waals surface area contributed by atoms with Gasteiger partial charge >= 0.3 is 15.2 Å². The largest absolute Gasteiger partial charge is 0.388 e. The van der Waals surface area contributed by atoms with Crippen molar-refractivity contribution in [3.8, 4) is 0 Å². The molecule has 1 saturated heterocycles. The lowest BCUT2D eigenvalue weighted by Crippen LogP contribution is -2.70. The summed E-state index contributed by atoms with van der Waals surface area (Å²) in [6, 6.07) is 0. The number of ketones is 1. The molecule has 6 atom stereocenters. The SMILES string of the molecule is CCCCCCCCCCCCCCCCCC(=O)C(C)(C1O[C@H](C)[C@@H](O)[C@H](O)[C@H]1O)C(O)(O)S(=O)(=O)O. The van der Waals surface area contributed by atoms with E-state index >= 15 is 0 Å². The number of ether oxygens (including phenoxy) is 1. The zero-order chi connectivity index (χ0) is 29.0. The van der Waals surface area contributed by atoms with Gasteiger partial charge in [0.15, 0.2) is 0 Å². The molecule has 0 amide bonds. The average molecular weight is 569 g/mol. The first-order valence-electron chi connectivity index (χ1n) is 14.4. The quantitative estimate of drug-likeness (QED) is 0.0724. The Bertz CT molecular complexity index is 787. The minimum absolute atomic E-state index is 0.257. The molecule has 1 aliphatic heterocycles. The number of hydrogen-bond donors (Lipinski definition) is 6. The second kappa shape index (κ2) is 16.6. The number of rotatable bonds is 20. The van der Waals surface area contributed by atoms with Crippen LogP contribution in [0.4, 0.5) is 0 Å². The molecule has 1 heterocycles. The maximum Gasteiger partial charge on any atom is 0.322 e. The maximum atomic E-state index is 13.2. The molecule has 0 aromatic carbocycles. The van der Waals surface area contributed by atoms with E-state index in [0.29, 0.717) is 12.8 Å². The first kappa shape index (κ1) is 35.4. The fourth-order valence-corrected chi connectivity index (χ4v) is 6.00. The highest BCUT2D eigenvalue weighted by Gasteiger charge is 2.67. The molecule has 1 rings (SSSR count). The van der Waals surface area contributed by atoms with E-state index in [0.717, 1.165) is 32.6 Å². The van der Waals surface area contributed by atoms with Gasteiger partial charge in [0.25, 0.3) is 0 Å². The molecule has 0 aromatic rings. The standard InChI is InChI=1S/C27H52O10S/c1-4-5-6-7-8-9-10-11-12-13-14-15-16-17-18-19-21(28)26(3,27(32,33)38(34,35)36)25-24(31)23(30)22(29)20(2)37-25/h20,22-25,29-33H,4-19H2,1-3H3,(H,34,35,36)/t20-,22-,23+,24-,25?,26?/m1/s1. The van der Waals surface area contributed by atoms with Crippen molar-refractivity contribution in [2.45, 2.75) is 159 Å². The van der Waals surface area contributed by atoms with Gasteiger partial charge in [0, 0.05) is 6.42 Å². The molecular formula is C27H52O10S. The van der Waals surface area contributed by atoms with Crippen molar-refractivity contribution in [2.24, 2.45) is 5.41 Å². The number of Topliss-reactive ketones (excluding diaryl/α,β-unsaturated/α-hetero) is 1. The Morgan fingerprint density at radius 3 is 1.53 bits per heavy atom. The molecule has 1 aliphatic rings. The molecule has 0 spiro atoms. The lowest BCUT2D eigenvalue weighted by molar-refractivity contribution is -0.282. The van der Waals surface area contributed by atoms with Gasteiger partial charge in [-0.1, -0.05) is 96.8 Å². The molecular weight excluding hydrogens is 516 g/mol. The second-order valence-electron chi connectivity index (χ2n) is 11.1. The third kappa shape index (κ3) is 9.47. The Morgan fingerprint density at radius 1 is 0.737 bits per heavy atom. The molecule has 6 N–H and O–H groups in total. The van der Waals surface area contributed by atoms with Crippen LogP contribution >= 0.6 is 0 Å². The van der Waals surface area contributed by atoms with Gasteiger partial charge in [-0.3, -0.25) is 9.35 Å². The van der Waals surface area contributed by atoms with Crippen LogP contribution in [0.2, 0.25) is 0 Å². The molecule has 38 heavy (non-hydrogen) atoms. The molecule has 0 radical (unpaired) electrons. The summed E-state index contributed by atoms with van der Waals surface area (Å²) < 4.78 is 38.6. The molecule has 0 aromatic heterocycles. The predicted molar refractivity (Wildman–Crippen MR) is 144 cm³/mol. The normalized spacial score (nSPS) is 26.3. The predicted octanol–water partition coefficient (Wildman–Crippen LogP) is 3.22. The summed E-state index contributed by atoms with van der Waals surface area (Å²) in [7, 11) is -5.63. The van der Waals surface area contributed by atoms with E-state index in [1.54, 1.807) is 0 Å². The Hall–Kier alpha value is -0.660. The van der Waals surface area contributed by atoms with Gasteiger partial charge in [-0.05, 0) is 20.3 Å². The van der Waals surface area contributed by atoms with Gasteiger partial charge in [0.1, 0.15) is 35.6 Å². The fourth-order valence-electron chi connectivity index (χ4n) is 5.24. The first-order valence-corrected chi connectivity index (χ1v) is 15.8. The molecule has 11 heteroatoms. The summed E-state index contributed by atoms with van der Waals surface area (Å²) >= 11 is 0. The van der Waals surface area contributed by atoms with Gasteiger partial charge < -0.3 is 30.3 Å². The van der Waals surface area contributed by atoms with Gasteiger partial charge in [0.2, 0.25) is 0 Å². The smallest absolute Gasteiger partial charge is 0.322 e. The van der Waals surface area contributed by atoms with Gasteiger partial charge in [-0.15, -0.1) is 0 Å². The van der Waals surface area contributed by atoms with Crippen molar-refractivity contribution in [3.05, 3.63) is 0 Å². The fraction of sp³-hybridized carbons (Fsp3) is 0.963. The molecule has 10 nitrogen and oxygen atoms in total. The summed E-state index contributed by atoms with van der Waals surface area (Å²) in [6.07, 6.45) is 7.97. The van der Waals surface area contributed by atoms with E-state index in [-0.39, 0.29) is 6.42 Å². The highest BCUT2D eigenvalue weighted by molar-refractivity contribution is 7.86. The van der Waals surface area contributed by atoms with Crippen molar-refractivity contribution < 1.29 is 48.0 Å². The third-order valence-corrected chi connectivity index (χ3v) is 9.19. The van der Waals surface area contributed by atoms with E-state index in [4.69, 9.17) is 4.74 Å². The summed E-state index contributed by atoms with van der Waals surface area (Å²) in [6.45, 7) is 4.40. The topological polar surface area (TPSA) is 182 Å². The summed E-state index contributed by atoms with van der Waals surface area (Å²) in [5.74, 6) is -0.963. The zero-order valence-electron chi connectivity index (χ0n) is 23.4. The van der Waals surface area contributed by atoms with E-state index in [9.17, 15) is 43.3 Å². The van der Waals surface area contributed by atoms with Crippen molar-refractivity contribution >= 4 is 15.9 Å². The number of carbonyl (C=O) groups is 1. The summed E-state index contributed by atoms with van der Waals surface area (Å²) in [5, 5.41) is 47.4. The zero-order valence-corrected chi connectivity index (χ0v) is 24.2. The number of carbonyl (C=O) groups excluding carboxylic acids is 1. The van der Waals surface area contributed by atoms with E-state index in [1.165, 1.54) is 64.7 Å². The van der Waals surface area contributed by atoms with Crippen LogP contribution in [0.5, 0.6) is 0 Å². The van der Waals surface area contributed by atoms with Crippen molar-refractivity contribution in [2.75, 3.05) is 0 Å². The molecule has 1 fully saturated rings. The first-order chi connectivity index (χ1) is 17.7. The Balaban J connectivity index is 2.52. The molecule has 2 unspecified atom stereocenters. The molecule has 0 saturated carbocycles.